The van der Waals surface area contributed by atoms with Crippen LogP contribution in [0.15, 0.2) is 66.9 Å². The van der Waals surface area contributed by atoms with Gasteiger partial charge in [-0.3, -0.25) is 0 Å². The maximum absolute atomic E-state index is 11.1. The first-order valence-electron chi connectivity index (χ1n) is 10.8. The summed E-state index contributed by atoms with van der Waals surface area (Å²) in [4.78, 5) is 20.5. The van der Waals surface area contributed by atoms with Gasteiger partial charge >= 0.3 is 29.6 Å². The maximum Gasteiger partial charge on any atom is 1.00 e. The van der Waals surface area contributed by atoms with Crippen LogP contribution in [-0.4, -0.2) is 26.3 Å². The van der Waals surface area contributed by atoms with Crippen molar-refractivity contribution < 1.29 is 44.6 Å². The van der Waals surface area contributed by atoms with Gasteiger partial charge in [-0.15, -0.1) is 11.6 Å². The minimum absolute atomic E-state index is 0. The van der Waals surface area contributed by atoms with Gasteiger partial charge in [0.25, 0.3) is 0 Å². The molecular weight excluding hydrogens is 425 g/mol. The molecule has 164 valence electrons. The Hall–Kier alpha value is -2.51. The number of carbonyl (C=O) groups excluding carboxylic acids is 1. The Balaban J connectivity index is 0.00000153. The predicted molar refractivity (Wildman–Crippen MR) is 123 cm³/mol. The predicted octanol–water partition coefficient (Wildman–Crippen LogP) is 2.47. The van der Waals surface area contributed by atoms with Crippen LogP contribution >= 0.6 is 0 Å². The van der Waals surface area contributed by atoms with E-state index >= 15 is 0 Å². The van der Waals surface area contributed by atoms with Crippen molar-refractivity contribution in [2.24, 2.45) is 0 Å². The summed E-state index contributed by atoms with van der Waals surface area (Å²) in [5.74, 6) is 1.48. The molecule has 0 atom stereocenters. The molecule has 33 heavy (non-hydrogen) atoms. The molecule has 1 aliphatic carbocycles. The largest absolute Gasteiger partial charge is 1.00 e. The Labute approximate surface area is 215 Å². The Bertz CT molecular complexity index is 1190. The van der Waals surface area contributed by atoms with E-state index in [9.17, 15) is 4.79 Å². The number of benzene rings is 2. The van der Waals surface area contributed by atoms with Gasteiger partial charge in [0.2, 0.25) is 5.88 Å². The average molecular weight is 450 g/mol. The van der Waals surface area contributed by atoms with Crippen LogP contribution < -0.4 is 34.3 Å². The van der Waals surface area contributed by atoms with E-state index in [0.717, 1.165) is 40.8 Å². The number of fused-ring (bicyclic) bond motifs is 1. The summed E-state index contributed by atoms with van der Waals surface area (Å²) in [7, 11) is 0. The van der Waals surface area contributed by atoms with Crippen molar-refractivity contribution in [2.75, 3.05) is 0 Å². The van der Waals surface area contributed by atoms with Crippen molar-refractivity contribution in [3.8, 4) is 17.3 Å². The summed E-state index contributed by atoms with van der Waals surface area (Å²) in [5, 5.41) is 0. The fraction of sp³-hybridized carbons (Fsp3) is 0.269. The molecule has 0 aliphatic heterocycles. The first kappa shape index (κ1) is 25.1. The van der Waals surface area contributed by atoms with Gasteiger partial charge in [0.1, 0.15) is 12.4 Å². The summed E-state index contributed by atoms with van der Waals surface area (Å²) in [6.07, 6.45) is 9.84. The number of rotatable bonds is 6. The minimum atomic E-state index is 0. The fourth-order valence-corrected chi connectivity index (χ4v) is 4.40. The van der Waals surface area contributed by atoms with Crippen LogP contribution in [0.3, 0.4) is 0 Å². The second-order valence-corrected chi connectivity index (χ2v) is 8.06. The van der Waals surface area contributed by atoms with Crippen molar-refractivity contribution >= 4 is 17.3 Å². The van der Waals surface area contributed by atoms with E-state index in [1.807, 2.05) is 73.1 Å². The van der Waals surface area contributed by atoms with Crippen LogP contribution in [0.4, 0.5) is 0 Å². The standard InChI is InChI=1S/C26H24N3O2.Na.H2O/c30-17-20-11-13-24-23(15-20)28-26(29(24)22-9-5-2-6-10-22)21-12-14-25(27-16-21)31-18-19-7-3-1-4-8-19;;/h1,3-4,7-8,11-16,22H,2,5-6,9-10,18H2;;1H2/q-1;+1;/p-1. The minimum Gasteiger partial charge on any atom is -0.870 e. The molecule has 0 spiro atoms. The fourth-order valence-electron chi connectivity index (χ4n) is 4.40. The van der Waals surface area contributed by atoms with Crippen molar-refractivity contribution in [3.05, 3.63) is 78.0 Å². The number of pyridine rings is 1. The molecule has 1 aliphatic rings. The SMILES string of the molecule is O=[C-]c1ccc2c(c1)nc(-c1ccc(OCc3ccccc3)nc1)n2C1CCCCC1.[Na+].[OH-]. The number of hydrogen-bond acceptors (Lipinski definition) is 5. The topological polar surface area (TPSA) is 87.0 Å². The normalized spacial score (nSPS) is 13.7. The third-order valence-corrected chi connectivity index (χ3v) is 5.97. The van der Waals surface area contributed by atoms with Crippen LogP contribution in [0.5, 0.6) is 5.88 Å². The zero-order valence-corrected chi connectivity index (χ0v) is 20.8. The van der Waals surface area contributed by atoms with Crippen LogP contribution in [0.2, 0.25) is 0 Å². The van der Waals surface area contributed by atoms with Gasteiger partial charge in [-0.2, -0.15) is 6.07 Å². The van der Waals surface area contributed by atoms with Gasteiger partial charge in [-0.05, 0) is 24.5 Å². The smallest absolute Gasteiger partial charge is 0.870 e. The van der Waals surface area contributed by atoms with Gasteiger partial charge in [-0.1, -0.05) is 55.7 Å². The van der Waals surface area contributed by atoms with Crippen molar-refractivity contribution in [3.63, 3.8) is 0 Å². The third-order valence-electron chi connectivity index (χ3n) is 5.97. The van der Waals surface area contributed by atoms with Gasteiger partial charge in [0.05, 0.1) is 6.29 Å². The molecule has 0 radical (unpaired) electrons. The van der Waals surface area contributed by atoms with E-state index in [2.05, 4.69) is 9.55 Å². The van der Waals surface area contributed by atoms with Gasteiger partial charge < -0.3 is 19.6 Å². The van der Waals surface area contributed by atoms with E-state index < -0.39 is 0 Å². The monoisotopic (exact) mass is 450 g/mol. The molecule has 2 heterocycles. The molecule has 1 saturated carbocycles. The molecule has 2 aromatic heterocycles. The number of aromatic nitrogens is 3. The van der Waals surface area contributed by atoms with E-state index in [0.29, 0.717) is 24.1 Å². The molecule has 4 aromatic rings. The Morgan fingerprint density at radius 3 is 2.48 bits per heavy atom. The van der Waals surface area contributed by atoms with E-state index in [-0.39, 0.29) is 35.0 Å². The molecule has 6 nitrogen and oxygen atoms in total. The second-order valence-electron chi connectivity index (χ2n) is 8.06. The molecule has 0 saturated heterocycles. The average Bonchev–Trinajstić information content (AvgIpc) is 3.23. The molecule has 5 rings (SSSR count). The van der Waals surface area contributed by atoms with E-state index in [4.69, 9.17) is 9.72 Å². The van der Waals surface area contributed by atoms with Gasteiger partial charge in [-0.25, -0.2) is 9.97 Å². The van der Waals surface area contributed by atoms with Gasteiger partial charge in [0.15, 0.2) is 0 Å². The third kappa shape index (κ3) is 5.53. The van der Waals surface area contributed by atoms with Crippen LogP contribution in [0.1, 0.15) is 49.3 Å². The van der Waals surface area contributed by atoms with Crippen LogP contribution in [-0.2, 0) is 11.4 Å². The summed E-state index contributed by atoms with van der Waals surface area (Å²) in [6, 6.07) is 20.0. The summed E-state index contributed by atoms with van der Waals surface area (Å²) in [6.45, 7) is 0.485. The summed E-state index contributed by atoms with van der Waals surface area (Å²) >= 11 is 0. The number of nitrogens with zero attached hydrogens (tertiary/aromatic N) is 3. The van der Waals surface area contributed by atoms with E-state index in [1.165, 1.54) is 19.3 Å². The summed E-state index contributed by atoms with van der Waals surface area (Å²) in [5.41, 5.74) is 4.46. The molecule has 0 unspecified atom stereocenters. The number of ether oxygens (including phenoxy) is 1. The molecule has 7 heteroatoms. The van der Waals surface area contributed by atoms with Crippen molar-refractivity contribution in [1.82, 2.24) is 14.5 Å². The summed E-state index contributed by atoms with van der Waals surface area (Å²) < 4.78 is 8.18. The Kier molecular flexibility index (Phi) is 8.80. The molecule has 2 aromatic carbocycles. The van der Waals surface area contributed by atoms with E-state index in [1.54, 1.807) is 0 Å². The molecule has 1 N–H and O–H groups in total. The Morgan fingerprint density at radius 2 is 1.79 bits per heavy atom. The molecule has 0 amide bonds. The maximum atomic E-state index is 11.1. The number of hydrogen-bond donors (Lipinski definition) is 0. The zero-order chi connectivity index (χ0) is 21.0. The first-order chi connectivity index (χ1) is 15.3. The first-order valence-corrected chi connectivity index (χ1v) is 10.8. The van der Waals surface area contributed by atoms with Crippen molar-refractivity contribution in [1.29, 1.82) is 0 Å². The second kappa shape index (κ2) is 11.6. The van der Waals surface area contributed by atoms with Gasteiger partial charge in [0, 0.05) is 34.9 Å². The number of imidazole rings is 1. The quantitative estimate of drug-likeness (QED) is 0.333. The molecule has 1 fully saturated rings. The zero-order valence-electron chi connectivity index (χ0n) is 18.8. The van der Waals surface area contributed by atoms with Crippen molar-refractivity contribution in [2.45, 2.75) is 44.8 Å². The van der Waals surface area contributed by atoms with Crippen LogP contribution in [0.25, 0.3) is 22.4 Å². The Morgan fingerprint density at radius 1 is 1.00 bits per heavy atom. The molecular formula is C26H25N3NaO3-. The molecule has 0 bridgehead atoms. The van der Waals surface area contributed by atoms with Crippen LogP contribution in [0, 0.1) is 0 Å².